The van der Waals surface area contributed by atoms with Crippen molar-refractivity contribution in [2.45, 2.75) is 12.8 Å². The SMILES string of the molecule is Nc1ccc(Br)cc1-c1nc(CC2CCOC2)no1. The van der Waals surface area contributed by atoms with Crippen LogP contribution in [-0.4, -0.2) is 23.4 Å². The predicted molar refractivity (Wildman–Crippen MR) is 74.5 cm³/mol. The topological polar surface area (TPSA) is 74.2 Å². The van der Waals surface area contributed by atoms with Gasteiger partial charge in [0.25, 0.3) is 5.89 Å². The number of nitrogen functional groups attached to an aromatic ring is 1. The van der Waals surface area contributed by atoms with E-state index in [0.717, 1.165) is 36.1 Å². The van der Waals surface area contributed by atoms with E-state index in [1.807, 2.05) is 18.2 Å². The molecule has 1 fully saturated rings. The summed E-state index contributed by atoms with van der Waals surface area (Å²) < 4.78 is 11.6. The lowest BCUT2D eigenvalue weighted by Gasteiger charge is -2.02. The van der Waals surface area contributed by atoms with Gasteiger partial charge in [-0.1, -0.05) is 21.1 Å². The first-order chi connectivity index (χ1) is 9.22. The average Bonchev–Trinajstić information content (AvgIpc) is 3.04. The van der Waals surface area contributed by atoms with E-state index in [1.165, 1.54) is 0 Å². The van der Waals surface area contributed by atoms with Crippen LogP contribution in [-0.2, 0) is 11.2 Å². The van der Waals surface area contributed by atoms with Gasteiger partial charge in [0.15, 0.2) is 5.82 Å². The highest BCUT2D eigenvalue weighted by atomic mass is 79.9. The molecule has 19 heavy (non-hydrogen) atoms. The second-order valence-electron chi connectivity index (χ2n) is 4.68. The number of nitrogens with zero attached hydrogens (tertiary/aromatic N) is 2. The maximum absolute atomic E-state index is 5.93. The zero-order valence-corrected chi connectivity index (χ0v) is 11.9. The van der Waals surface area contributed by atoms with Crippen molar-refractivity contribution in [3.8, 4) is 11.5 Å². The molecular weight excluding hydrogens is 310 g/mol. The highest BCUT2D eigenvalue weighted by Gasteiger charge is 2.20. The second-order valence-corrected chi connectivity index (χ2v) is 5.60. The molecule has 1 saturated heterocycles. The van der Waals surface area contributed by atoms with Gasteiger partial charge in [0.1, 0.15) is 0 Å². The number of nitrogens with two attached hydrogens (primary N) is 1. The Bertz CT molecular complexity index is 579. The maximum atomic E-state index is 5.93. The Morgan fingerprint density at radius 2 is 2.32 bits per heavy atom. The van der Waals surface area contributed by atoms with E-state index >= 15 is 0 Å². The first kappa shape index (κ1) is 12.6. The summed E-state index contributed by atoms with van der Waals surface area (Å²) in [5.41, 5.74) is 7.31. The third-order valence-corrected chi connectivity index (χ3v) is 3.70. The van der Waals surface area contributed by atoms with E-state index in [4.69, 9.17) is 15.0 Å². The number of aromatic nitrogens is 2. The van der Waals surface area contributed by atoms with Crippen LogP contribution in [0.25, 0.3) is 11.5 Å². The minimum Gasteiger partial charge on any atom is -0.398 e. The Balaban J connectivity index is 1.82. The normalized spacial score (nSPS) is 18.9. The van der Waals surface area contributed by atoms with Gasteiger partial charge in [0, 0.05) is 29.8 Å². The predicted octanol–water partition coefficient (Wildman–Crippen LogP) is 2.66. The molecule has 0 aliphatic carbocycles. The van der Waals surface area contributed by atoms with Crippen molar-refractivity contribution in [2.75, 3.05) is 18.9 Å². The molecule has 3 rings (SSSR count). The van der Waals surface area contributed by atoms with Crippen molar-refractivity contribution in [1.82, 2.24) is 10.1 Å². The highest BCUT2D eigenvalue weighted by molar-refractivity contribution is 9.10. The molecule has 0 saturated carbocycles. The van der Waals surface area contributed by atoms with Gasteiger partial charge in [0.2, 0.25) is 0 Å². The van der Waals surface area contributed by atoms with Crippen LogP contribution in [0.5, 0.6) is 0 Å². The summed E-state index contributed by atoms with van der Waals surface area (Å²) in [7, 11) is 0. The van der Waals surface area contributed by atoms with Gasteiger partial charge in [-0.2, -0.15) is 4.98 Å². The van der Waals surface area contributed by atoms with E-state index in [-0.39, 0.29) is 0 Å². The summed E-state index contributed by atoms with van der Waals surface area (Å²) in [6.07, 6.45) is 1.85. The number of anilines is 1. The van der Waals surface area contributed by atoms with Gasteiger partial charge in [-0.25, -0.2) is 0 Å². The highest BCUT2D eigenvalue weighted by Crippen LogP contribution is 2.28. The first-order valence-electron chi connectivity index (χ1n) is 6.18. The molecule has 0 radical (unpaired) electrons. The minimum atomic E-state index is 0.465. The summed E-state index contributed by atoms with van der Waals surface area (Å²) in [6, 6.07) is 5.57. The van der Waals surface area contributed by atoms with Crippen LogP contribution < -0.4 is 5.73 Å². The molecule has 0 amide bonds. The van der Waals surface area contributed by atoms with E-state index < -0.39 is 0 Å². The van der Waals surface area contributed by atoms with E-state index in [0.29, 0.717) is 23.3 Å². The smallest absolute Gasteiger partial charge is 0.260 e. The lowest BCUT2D eigenvalue weighted by atomic mass is 10.1. The van der Waals surface area contributed by atoms with Crippen LogP contribution in [0, 0.1) is 5.92 Å². The van der Waals surface area contributed by atoms with Crippen LogP contribution in [0.15, 0.2) is 27.2 Å². The van der Waals surface area contributed by atoms with Gasteiger partial charge in [0.05, 0.1) is 5.56 Å². The molecule has 2 heterocycles. The van der Waals surface area contributed by atoms with Crippen LogP contribution in [0.1, 0.15) is 12.2 Å². The van der Waals surface area contributed by atoms with Crippen LogP contribution in [0.4, 0.5) is 5.69 Å². The Morgan fingerprint density at radius 1 is 1.42 bits per heavy atom. The van der Waals surface area contributed by atoms with Crippen molar-refractivity contribution in [3.63, 3.8) is 0 Å². The lowest BCUT2D eigenvalue weighted by molar-refractivity contribution is 0.185. The van der Waals surface area contributed by atoms with Crippen molar-refractivity contribution < 1.29 is 9.26 Å². The number of benzene rings is 1. The molecule has 0 bridgehead atoms. The fourth-order valence-electron chi connectivity index (χ4n) is 2.16. The number of hydrogen-bond acceptors (Lipinski definition) is 5. The summed E-state index contributed by atoms with van der Waals surface area (Å²) in [4.78, 5) is 4.41. The average molecular weight is 324 g/mol. The first-order valence-corrected chi connectivity index (χ1v) is 6.97. The molecule has 1 atom stereocenters. The Labute approximate surface area is 119 Å². The fourth-order valence-corrected chi connectivity index (χ4v) is 2.52. The lowest BCUT2D eigenvalue weighted by Crippen LogP contribution is -2.04. The maximum Gasteiger partial charge on any atom is 0.260 e. The monoisotopic (exact) mass is 323 g/mol. The van der Waals surface area contributed by atoms with Gasteiger partial charge in [-0.15, -0.1) is 0 Å². The number of hydrogen-bond donors (Lipinski definition) is 1. The van der Waals surface area contributed by atoms with Crippen molar-refractivity contribution >= 4 is 21.6 Å². The Hall–Kier alpha value is -1.40. The molecular formula is C13H14BrN3O2. The van der Waals surface area contributed by atoms with Crippen LogP contribution in [0.2, 0.25) is 0 Å². The molecule has 5 nitrogen and oxygen atoms in total. The van der Waals surface area contributed by atoms with Gasteiger partial charge in [-0.05, 0) is 30.5 Å². The number of ether oxygens (including phenoxy) is 1. The van der Waals surface area contributed by atoms with Crippen molar-refractivity contribution in [1.29, 1.82) is 0 Å². The van der Waals surface area contributed by atoms with E-state index in [1.54, 1.807) is 0 Å². The molecule has 1 aromatic carbocycles. The number of halogens is 1. The Kier molecular flexibility index (Phi) is 3.52. The number of rotatable bonds is 3. The molecule has 1 aromatic heterocycles. The third kappa shape index (κ3) is 2.79. The molecule has 2 N–H and O–H groups in total. The Morgan fingerprint density at radius 3 is 3.11 bits per heavy atom. The van der Waals surface area contributed by atoms with Gasteiger partial charge in [-0.3, -0.25) is 0 Å². The standard InChI is InChI=1S/C13H14BrN3O2/c14-9-1-2-11(15)10(6-9)13-16-12(17-19-13)5-8-3-4-18-7-8/h1-2,6,8H,3-5,7,15H2. The molecule has 1 aliphatic heterocycles. The summed E-state index contributed by atoms with van der Waals surface area (Å²) in [5, 5.41) is 4.01. The molecule has 2 aromatic rings. The van der Waals surface area contributed by atoms with E-state index in [2.05, 4.69) is 26.1 Å². The summed E-state index contributed by atoms with van der Waals surface area (Å²) in [5.74, 6) is 1.67. The largest absolute Gasteiger partial charge is 0.398 e. The molecule has 100 valence electrons. The minimum absolute atomic E-state index is 0.465. The van der Waals surface area contributed by atoms with E-state index in [9.17, 15) is 0 Å². The zero-order chi connectivity index (χ0) is 13.2. The summed E-state index contributed by atoms with van der Waals surface area (Å²) in [6.45, 7) is 1.61. The van der Waals surface area contributed by atoms with Crippen molar-refractivity contribution in [2.24, 2.45) is 5.92 Å². The molecule has 6 heteroatoms. The molecule has 1 unspecified atom stereocenters. The summed E-state index contributed by atoms with van der Waals surface area (Å²) >= 11 is 3.41. The zero-order valence-electron chi connectivity index (χ0n) is 10.3. The van der Waals surface area contributed by atoms with Gasteiger partial charge < -0.3 is 15.0 Å². The quantitative estimate of drug-likeness (QED) is 0.879. The second kappa shape index (κ2) is 5.30. The van der Waals surface area contributed by atoms with Crippen LogP contribution in [0.3, 0.4) is 0 Å². The van der Waals surface area contributed by atoms with Crippen molar-refractivity contribution in [3.05, 3.63) is 28.5 Å². The molecule has 0 spiro atoms. The molecule has 1 aliphatic rings. The van der Waals surface area contributed by atoms with Crippen LogP contribution >= 0.6 is 15.9 Å². The van der Waals surface area contributed by atoms with Gasteiger partial charge >= 0.3 is 0 Å². The fraction of sp³-hybridized carbons (Fsp3) is 0.385. The third-order valence-electron chi connectivity index (χ3n) is 3.21.